The second-order valence-corrected chi connectivity index (χ2v) is 5.94. The lowest BCUT2D eigenvalue weighted by atomic mass is 10.1. The first-order valence-corrected chi connectivity index (χ1v) is 7.56. The van der Waals surface area contributed by atoms with E-state index in [1.165, 1.54) is 17.1 Å². The Morgan fingerprint density at radius 2 is 1.48 bits per heavy atom. The van der Waals surface area contributed by atoms with Gasteiger partial charge in [0.1, 0.15) is 0 Å². The third-order valence-electron chi connectivity index (χ3n) is 3.40. The van der Waals surface area contributed by atoms with Crippen LogP contribution in [0.1, 0.15) is 26.4 Å². The molecule has 0 bridgehead atoms. The smallest absolute Gasteiger partial charge is 0.204 e. The molecule has 1 aromatic heterocycles. The highest BCUT2D eigenvalue weighted by molar-refractivity contribution is 7.08. The first kappa shape index (κ1) is 13.7. The molecule has 104 valence electrons. The average molecular weight is 293 g/mol. The molecule has 1 heterocycles. The van der Waals surface area contributed by atoms with Crippen LogP contribution in [0.4, 0.5) is 0 Å². The van der Waals surface area contributed by atoms with Crippen molar-refractivity contribution in [3.63, 3.8) is 0 Å². The Morgan fingerprint density at radius 1 is 0.905 bits per heavy atom. The molecule has 3 aromatic rings. The first-order valence-electron chi connectivity index (χ1n) is 6.78. The van der Waals surface area contributed by atoms with E-state index in [4.69, 9.17) is 0 Å². The normalized spacial score (nSPS) is 10.6. The molecule has 0 saturated carbocycles. The lowest BCUT2D eigenvalue weighted by Crippen LogP contribution is -1.97. The molecule has 0 aliphatic heterocycles. The molecule has 3 heteroatoms. The van der Waals surface area contributed by atoms with Crippen LogP contribution in [0.5, 0.6) is 0 Å². The summed E-state index contributed by atoms with van der Waals surface area (Å²) in [7, 11) is 0. The Kier molecular flexibility index (Phi) is 3.67. The highest BCUT2D eigenvalue weighted by Crippen LogP contribution is 2.24. The third-order valence-corrected chi connectivity index (χ3v) is 4.18. The van der Waals surface area contributed by atoms with E-state index in [9.17, 15) is 4.79 Å². The van der Waals surface area contributed by atoms with E-state index in [0.717, 1.165) is 16.8 Å². The molecule has 0 saturated heterocycles. The number of nitrogens with zero attached hydrogens (tertiary/aromatic N) is 1. The summed E-state index contributed by atoms with van der Waals surface area (Å²) in [5.41, 5.74) is 4.97. The van der Waals surface area contributed by atoms with Gasteiger partial charge in [-0.05, 0) is 31.4 Å². The number of rotatable bonds is 3. The SMILES string of the molecule is Cc1ccc(C(=O)c2cc(-c3ccc(C)cc3)ns2)cc1. The highest BCUT2D eigenvalue weighted by Gasteiger charge is 2.13. The second-order valence-electron chi connectivity index (χ2n) is 5.14. The Morgan fingerprint density at radius 3 is 2.10 bits per heavy atom. The third kappa shape index (κ3) is 2.93. The Hall–Kier alpha value is -2.26. The molecular formula is C18H15NOS. The van der Waals surface area contributed by atoms with Gasteiger partial charge in [-0.2, -0.15) is 4.37 Å². The zero-order valence-corrected chi connectivity index (χ0v) is 12.8. The lowest BCUT2D eigenvalue weighted by Gasteiger charge is -1.98. The van der Waals surface area contributed by atoms with Crippen molar-refractivity contribution in [2.75, 3.05) is 0 Å². The van der Waals surface area contributed by atoms with E-state index in [1.807, 2.05) is 49.4 Å². The van der Waals surface area contributed by atoms with Gasteiger partial charge in [-0.25, -0.2) is 0 Å². The van der Waals surface area contributed by atoms with E-state index >= 15 is 0 Å². The maximum atomic E-state index is 12.4. The Labute approximate surface area is 128 Å². The van der Waals surface area contributed by atoms with Gasteiger partial charge < -0.3 is 0 Å². The van der Waals surface area contributed by atoms with Gasteiger partial charge in [0.25, 0.3) is 0 Å². The molecule has 3 rings (SSSR count). The summed E-state index contributed by atoms with van der Waals surface area (Å²) in [6.45, 7) is 4.06. The number of hydrogen-bond donors (Lipinski definition) is 0. The van der Waals surface area contributed by atoms with Crippen LogP contribution in [0.25, 0.3) is 11.3 Å². The van der Waals surface area contributed by atoms with Crippen LogP contribution in [0.15, 0.2) is 54.6 Å². The van der Waals surface area contributed by atoms with E-state index in [-0.39, 0.29) is 5.78 Å². The van der Waals surface area contributed by atoms with Crippen LogP contribution in [0.3, 0.4) is 0 Å². The molecular weight excluding hydrogens is 278 g/mol. The van der Waals surface area contributed by atoms with Crippen molar-refractivity contribution in [3.05, 3.63) is 76.2 Å². The first-order chi connectivity index (χ1) is 10.1. The van der Waals surface area contributed by atoms with Crippen LogP contribution >= 0.6 is 11.5 Å². The van der Waals surface area contributed by atoms with Crippen molar-refractivity contribution in [2.45, 2.75) is 13.8 Å². The summed E-state index contributed by atoms with van der Waals surface area (Å²) in [6, 6.07) is 17.7. The maximum Gasteiger partial charge on any atom is 0.204 e. The highest BCUT2D eigenvalue weighted by atomic mass is 32.1. The molecule has 0 N–H and O–H groups in total. The largest absolute Gasteiger partial charge is 0.288 e. The monoisotopic (exact) mass is 293 g/mol. The zero-order valence-electron chi connectivity index (χ0n) is 12.0. The Balaban J connectivity index is 1.89. The number of hydrogen-bond acceptors (Lipinski definition) is 3. The van der Waals surface area contributed by atoms with Crippen molar-refractivity contribution >= 4 is 17.3 Å². The van der Waals surface area contributed by atoms with Crippen molar-refractivity contribution in [1.29, 1.82) is 0 Å². The van der Waals surface area contributed by atoms with Crippen molar-refractivity contribution in [2.24, 2.45) is 0 Å². The molecule has 21 heavy (non-hydrogen) atoms. The summed E-state index contributed by atoms with van der Waals surface area (Å²) in [5.74, 6) is 0.0332. The fraction of sp³-hybridized carbons (Fsp3) is 0.111. The average Bonchev–Trinajstić information content (AvgIpc) is 2.98. The predicted molar refractivity (Wildman–Crippen MR) is 86.9 cm³/mol. The Bertz CT molecular complexity index is 770. The van der Waals surface area contributed by atoms with E-state index in [1.54, 1.807) is 0 Å². The van der Waals surface area contributed by atoms with Gasteiger partial charge in [0.2, 0.25) is 5.78 Å². The van der Waals surface area contributed by atoms with Crippen molar-refractivity contribution in [1.82, 2.24) is 4.37 Å². The fourth-order valence-electron chi connectivity index (χ4n) is 2.09. The summed E-state index contributed by atoms with van der Waals surface area (Å²) in [6.07, 6.45) is 0. The topological polar surface area (TPSA) is 30.0 Å². The molecule has 0 unspecified atom stereocenters. The molecule has 0 amide bonds. The second kappa shape index (κ2) is 5.62. The number of aryl methyl sites for hydroxylation is 2. The van der Waals surface area contributed by atoms with Crippen LogP contribution in [-0.2, 0) is 0 Å². The molecule has 0 fully saturated rings. The van der Waals surface area contributed by atoms with Crippen LogP contribution < -0.4 is 0 Å². The molecule has 0 radical (unpaired) electrons. The molecule has 2 aromatic carbocycles. The lowest BCUT2D eigenvalue weighted by molar-refractivity contribution is 0.104. The van der Waals surface area contributed by atoms with E-state index in [0.29, 0.717) is 10.4 Å². The zero-order chi connectivity index (χ0) is 14.8. The van der Waals surface area contributed by atoms with Crippen LogP contribution in [0, 0.1) is 13.8 Å². The van der Waals surface area contributed by atoms with Gasteiger partial charge in [0.15, 0.2) is 0 Å². The quantitative estimate of drug-likeness (QED) is 0.657. The van der Waals surface area contributed by atoms with Gasteiger partial charge in [0, 0.05) is 11.1 Å². The molecule has 0 aliphatic carbocycles. The number of carbonyl (C=O) groups is 1. The number of ketones is 1. The van der Waals surface area contributed by atoms with Gasteiger partial charge >= 0.3 is 0 Å². The summed E-state index contributed by atoms with van der Waals surface area (Å²) >= 11 is 1.26. The summed E-state index contributed by atoms with van der Waals surface area (Å²) in [5, 5.41) is 0. The minimum Gasteiger partial charge on any atom is -0.288 e. The van der Waals surface area contributed by atoms with Gasteiger partial charge in [-0.3, -0.25) is 4.79 Å². The maximum absolute atomic E-state index is 12.4. The fourth-order valence-corrected chi connectivity index (χ4v) is 2.81. The van der Waals surface area contributed by atoms with Crippen molar-refractivity contribution < 1.29 is 4.79 Å². The molecule has 0 aliphatic rings. The molecule has 2 nitrogen and oxygen atoms in total. The minimum absolute atomic E-state index is 0.0332. The number of aromatic nitrogens is 1. The van der Waals surface area contributed by atoms with Gasteiger partial charge in [0.05, 0.1) is 10.6 Å². The van der Waals surface area contributed by atoms with Gasteiger partial charge in [-0.1, -0.05) is 59.7 Å². The summed E-state index contributed by atoms with van der Waals surface area (Å²) in [4.78, 5) is 13.1. The van der Waals surface area contributed by atoms with E-state index < -0.39 is 0 Å². The molecule has 0 spiro atoms. The molecule has 0 atom stereocenters. The minimum atomic E-state index is 0.0332. The van der Waals surface area contributed by atoms with Crippen LogP contribution in [0.2, 0.25) is 0 Å². The number of benzene rings is 2. The summed E-state index contributed by atoms with van der Waals surface area (Å²) < 4.78 is 4.40. The standard InChI is InChI=1S/C18H15NOS/c1-12-3-7-14(8-4-12)16-11-17(21-19-16)18(20)15-9-5-13(2)6-10-15/h3-11H,1-2H3. The van der Waals surface area contributed by atoms with Gasteiger partial charge in [-0.15, -0.1) is 0 Å². The number of carbonyl (C=O) groups excluding carboxylic acids is 1. The van der Waals surface area contributed by atoms with Crippen molar-refractivity contribution in [3.8, 4) is 11.3 Å². The van der Waals surface area contributed by atoms with E-state index in [2.05, 4.69) is 23.4 Å². The van der Waals surface area contributed by atoms with Crippen LogP contribution in [-0.4, -0.2) is 10.2 Å². The predicted octanol–water partition coefficient (Wildman–Crippen LogP) is 4.66.